The monoisotopic (exact) mass is 349 g/mol. The lowest BCUT2D eigenvalue weighted by molar-refractivity contribution is -0.153. The number of ether oxygens (including phenoxy) is 2. The van der Waals surface area contributed by atoms with Gasteiger partial charge in [0.2, 0.25) is 5.91 Å². The Bertz CT molecular complexity index is 370. The number of hydrogen-bond acceptors (Lipinski definition) is 5. The number of hydrogen-bond donors (Lipinski definition) is 0. The highest BCUT2D eigenvalue weighted by molar-refractivity contribution is 9.10. The van der Waals surface area contributed by atoms with Gasteiger partial charge in [-0.2, -0.15) is 0 Å². The molecular weight excluding hydrogens is 330 g/mol. The first-order chi connectivity index (χ1) is 9.29. The molecule has 0 aliphatic carbocycles. The van der Waals surface area contributed by atoms with Crippen molar-refractivity contribution in [3.8, 4) is 0 Å². The molecule has 7 heteroatoms. The maximum absolute atomic E-state index is 11.7. The molecule has 0 aromatic rings. The van der Waals surface area contributed by atoms with Gasteiger partial charge < -0.3 is 14.4 Å². The summed E-state index contributed by atoms with van der Waals surface area (Å²) in [6.07, 6.45) is 1.37. The minimum Gasteiger partial charge on any atom is -0.462 e. The molecule has 2 atom stereocenters. The fraction of sp³-hybridized carbons (Fsp3) is 0.615. The molecule has 0 heterocycles. The highest BCUT2D eigenvalue weighted by Crippen LogP contribution is 2.16. The van der Waals surface area contributed by atoms with E-state index in [1.807, 2.05) is 0 Å². The summed E-state index contributed by atoms with van der Waals surface area (Å²) < 4.78 is 9.61. The van der Waals surface area contributed by atoms with Crippen molar-refractivity contribution < 1.29 is 23.9 Å². The van der Waals surface area contributed by atoms with Gasteiger partial charge in [-0.05, 0) is 6.42 Å². The van der Waals surface area contributed by atoms with Crippen LogP contribution >= 0.6 is 15.9 Å². The molecule has 0 N–H and O–H groups in total. The highest BCUT2D eigenvalue weighted by atomic mass is 79.9. The first-order valence-electron chi connectivity index (χ1n) is 6.10. The number of amides is 1. The van der Waals surface area contributed by atoms with Gasteiger partial charge in [0.15, 0.2) is 0 Å². The van der Waals surface area contributed by atoms with E-state index in [2.05, 4.69) is 27.2 Å². The second-order valence-electron chi connectivity index (χ2n) is 4.38. The number of rotatable bonds is 8. The smallest absolute Gasteiger partial charge is 0.330 e. The van der Waals surface area contributed by atoms with Gasteiger partial charge in [-0.1, -0.05) is 29.4 Å². The molecule has 0 aromatic heterocycles. The van der Waals surface area contributed by atoms with Crippen LogP contribution in [0.15, 0.2) is 12.7 Å². The predicted octanol–water partition coefficient (Wildman–Crippen LogP) is 1.14. The predicted molar refractivity (Wildman–Crippen MR) is 77.3 cm³/mol. The summed E-state index contributed by atoms with van der Waals surface area (Å²) in [6, 6.07) is 0. The van der Waals surface area contributed by atoms with Crippen molar-refractivity contribution in [1.82, 2.24) is 4.90 Å². The van der Waals surface area contributed by atoms with E-state index >= 15 is 0 Å². The van der Waals surface area contributed by atoms with Gasteiger partial charge in [0.05, 0.1) is 10.7 Å². The molecule has 0 radical (unpaired) electrons. The van der Waals surface area contributed by atoms with Crippen molar-refractivity contribution in [2.24, 2.45) is 5.92 Å². The van der Waals surface area contributed by atoms with Crippen molar-refractivity contribution in [2.75, 3.05) is 27.3 Å². The van der Waals surface area contributed by atoms with Crippen molar-refractivity contribution in [2.45, 2.75) is 18.2 Å². The number of halogens is 1. The zero-order chi connectivity index (χ0) is 15.7. The Kier molecular flexibility index (Phi) is 8.87. The second-order valence-corrected chi connectivity index (χ2v) is 5.48. The third-order valence-corrected chi connectivity index (χ3v) is 3.18. The van der Waals surface area contributed by atoms with Gasteiger partial charge in [0.25, 0.3) is 0 Å². The Labute approximate surface area is 127 Å². The first-order valence-corrected chi connectivity index (χ1v) is 7.02. The van der Waals surface area contributed by atoms with E-state index in [-0.39, 0.29) is 19.1 Å². The summed E-state index contributed by atoms with van der Waals surface area (Å²) in [5.41, 5.74) is 0. The maximum atomic E-state index is 11.7. The van der Waals surface area contributed by atoms with Crippen molar-refractivity contribution in [3.63, 3.8) is 0 Å². The number of carbonyl (C=O) groups excluding carboxylic acids is 3. The molecule has 20 heavy (non-hydrogen) atoms. The topological polar surface area (TPSA) is 72.9 Å². The normalized spacial score (nSPS) is 13.0. The van der Waals surface area contributed by atoms with E-state index in [1.165, 1.54) is 4.90 Å². The summed E-state index contributed by atoms with van der Waals surface area (Å²) in [7, 11) is 3.29. The lowest BCUT2D eigenvalue weighted by Gasteiger charge is -2.18. The van der Waals surface area contributed by atoms with Gasteiger partial charge in [-0.15, -0.1) is 0 Å². The molecule has 0 aliphatic rings. The molecular formula is C13H20BrNO5. The van der Waals surface area contributed by atoms with Crippen molar-refractivity contribution in [3.05, 3.63) is 12.7 Å². The summed E-state index contributed by atoms with van der Waals surface area (Å²) in [4.78, 5) is 35.1. The van der Waals surface area contributed by atoms with E-state index in [4.69, 9.17) is 4.74 Å². The summed E-state index contributed by atoms with van der Waals surface area (Å²) in [5.74, 6) is -1.54. The molecule has 0 saturated heterocycles. The van der Waals surface area contributed by atoms with Gasteiger partial charge in [-0.3, -0.25) is 9.59 Å². The van der Waals surface area contributed by atoms with Gasteiger partial charge in [0, 0.05) is 20.2 Å². The summed E-state index contributed by atoms with van der Waals surface area (Å²) >= 11 is 3.24. The van der Waals surface area contributed by atoms with Crippen molar-refractivity contribution >= 4 is 33.8 Å². The Morgan fingerprint density at radius 3 is 2.30 bits per heavy atom. The van der Waals surface area contributed by atoms with Gasteiger partial charge in [0.1, 0.15) is 13.2 Å². The second kappa shape index (κ2) is 9.52. The van der Waals surface area contributed by atoms with Crippen LogP contribution in [0.4, 0.5) is 0 Å². The minimum absolute atomic E-state index is 0.0162. The molecule has 1 amide bonds. The average molecular weight is 350 g/mol. The van der Waals surface area contributed by atoms with Crippen LogP contribution in [0, 0.1) is 5.92 Å². The maximum Gasteiger partial charge on any atom is 0.330 e. The summed E-state index contributed by atoms with van der Waals surface area (Å²) in [6.45, 7) is 4.89. The number of nitrogens with zero attached hydrogens (tertiary/aromatic N) is 1. The van der Waals surface area contributed by atoms with Crippen LogP contribution in [0.5, 0.6) is 0 Å². The lowest BCUT2D eigenvalue weighted by Crippen LogP contribution is -2.32. The fourth-order valence-corrected chi connectivity index (χ4v) is 2.24. The molecule has 0 bridgehead atoms. The van der Waals surface area contributed by atoms with Crippen LogP contribution in [-0.4, -0.2) is 54.9 Å². The van der Waals surface area contributed by atoms with Crippen LogP contribution in [0.2, 0.25) is 0 Å². The standard InChI is InChI=1S/C13H20BrNO5/c1-5-11(16)19-6-7-20-13(18)9(2)8-10(14)12(17)15(3)4/h5,9-10H,1,6-8H2,2-4H3. The Balaban J connectivity index is 4.01. The molecule has 0 saturated carbocycles. The quantitative estimate of drug-likeness (QED) is 0.284. The minimum atomic E-state index is -0.564. The Morgan fingerprint density at radius 2 is 1.80 bits per heavy atom. The third-order valence-electron chi connectivity index (χ3n) is 2.41. The zero-order valence-corrected chi connectivity index (χ0v) is 13.5. The highest BCUT2D eigenvalue weighted by Gasteiger charge is 2.24. The number of alkyl halides is 1. The van der Waals surface area contributed by atoms with Crippen LogP contribution in [0.3, 0.4) is 0 Å². The van der Waals surface area contributed by atoms with Crippen LogP contribution in [0.25, 0.3) is 0 Å². The first kappa shape index (κ1) is 18.6. The molecule has 6 nitrogen and oxygen atoms in total. The fourth-order valence-electron chi connectivity index (χ4n) is 1.27. The Morgan fingerprint density at radius 1 is 1.25 bits per heavy atom. The van der Waals surface area contributed by atoms with Gasteiger partial charge >= 0.3 is 11.9 Å². The summed E-state index contributed by atoms with van der Waals surface area (Å²) in [5, 5.41) is 0. The molecule has 114 valence electrons. The SMILES string of the molecule is C=CC(=O)OCCOC(=O)C(C)CC(Br)C(=O)N(C)C. The van der Waals surface area contributed by atoms with E-state index in [9.17, 15) is 14.4 Å². The molecule has 0 fully saturated rings. The largest absolute Gasteiger partial charge is 0.462 e. The molecule has 0 spiro atoms. The van der Waals surface area contributed by atoms with Gasteiger partial charge in [-0.25, -0.2) is 4.79 Å². The number of esters is 2. The zero-order valence-electron chi connectivity index (χ0n) is 11.9. The molecule has 2 unspecified atom stereocenters. The number of carbonyl (C=O) groups is 3. The van der Waals surface area contributed by atoms with Crippen LogP contribution in [-0.2, 0) is 23.9 Å². The van der Waals surface area contributed by atoms with E-state index in [0.717, 1.165) is 6.08 Å². The Hall–Kier alpha value is -1.37. The lowest BCUT2D eigenvalue weighted by atomic mass is 10.1. The molecule has 0 aromatic carbocycles. The van der Waals surface area contributed by atoms with E-state index in [1.54, 1.807) is 21.0 Å². The molecule has 0 rings (SSSR count). The van der Waals surface area contributed by atoms with E-state index in [0.29, 0.717) is 6.42 Å². The van der Waals surface area contributed by atoms with Crippen LogP contribution < -0.4 is 0 Å². The van der Waals surface area contributed by atoms with Crippen molar-refractivity contribution in [1.29, 1.82) is 0 Å². The third kappa shape index (κ3) is 7.28. The average Bonchev–Trinajstić information content (AvgIpc) is 2.41. The molecule has 0 aliphatic heterocycles. The van der Waals surface area contributed by atoms with E-state index < -0.39 is 22.7 Å². The van der Waals surface area contributed by atoms with Crippen LogP contribution in [0.1, 0.15) is 13.3 Å².